The smallest absolute Gasteiger partial charge is 0.341 e. The molecule has 0 unspecified atom stereocenters. The van der Waals surface area contributed by atoms with Crippen LogP contribution in [0.3, 0.4) is 0 Å². The van der Waals surface area contributed by atoms with Gasteiger partial charge in [0.15, 0.2) is 0 Å². The second-order valence-electron chi connectivity index (χ2n) is 6.73. The first-order valence-corrected chi connectivity index (χ1v) is 10.5. The van der Waals surface area contributed by atoms with Gasteiger partial charge in [-0.15, -0.1) is 11.3 Å². The molecule has 4 rings (SSSR count). The van der Waals surface area contributed by atoms with Gasteiger partial charge in [0.25, 0.3) is 0 Å². The first-order valence-electron chi connectivity index (χ1n) is 9.66. The lowest BCUT2D eigenvalue weighted by Crippen LogP contribution is -2.09. The van der Waals surface area contributed by atoms with Gasteiger partial charge in [-0.2, -0.15) is 5.26 Å². The highest BCUT2D eigenvalue weighted by Gasteiger charge is 2.26. The molecule has 2 aromatic heterocycles. The number of aliphatic imine (C=N–C) groups is 1. The van der Waals surface area contributed by atoms with E-state index in [2.05, 4.69) is 11.1 Å². The molecule has 1 aliphatic rings. The fourth-order valence-electron chi connectivity index (χ4n) is 3.54. The maximum absolute atomic E-state index is 12.5. The van der Waals surface area contributed by atoms with E-state index in [1.807, 2.05) is 37.3 Å². The topological polar surface area (TPSA) is 75.6 Å². The second kappa shape index (κ2) is 8.46. The van der Waals surface area contributed by atoms with E-state index < -0.39 is 0 Å². The lowest BCUT2D eigenvalue weighted by atomic mass is 9.95. The van der Waals surface area contributed by atoms with Gasteiger partial charge >= 0.3 is 5.97 Å². The Morgan fingerprint density at radius 3 is 2.93 bits per heavy atom. The third kappa shape index (κ3) is 3.87. The van der Waals surface area contributed by atoms with Crippen LogP contribution in [0.4, 0.5) is 5.00 Å². The molecule has 0 amide bonds. The lowest BCUT2D eigenvalue weighted by molar-refractivity contribution is 0.0526. The van der Waals surface area contributed by atoms with Crippen LogP contribution in [-0.2, 0) is 17.6 Å². The fraction of sp³-hybridized carbons (Fsp3) is 0.261. The van der Waals surface area contributed by atoms with Gasteiger partial charge in [0.2, 0.25) is 0 Å². The zero-order valence-corrected chi connectivity index (χ0v) is 16.9. The molecule has 0 atom stereocenters. The van der Waals surface area contributed by atoms with Crippen molar-refractivity contribution < 1.29 is 13.9 Å². The summed E-state index contributed by atoms with van der Waals surface area (Å²) in [6.45, 7) is 2.15. The van der Waals surface area contributed by atoms with Gasteiger partial charge in [-0.1, -0.05) is 12.1 Å². The molecule has 0 N–H and O–H groups in total. The van der Waals surface area contributed by atoms with Crippen molar-refractivity contribution in [3.63, 3.8) is 0 Å². The molecule has 1 aliphatic carbocycles. The Kier molecular flexibility index (Phi) is 5.59. The summed E-state index contributed by atoms with van der Waals surface area (Å²) >= 11 is 1.56. The Labute approximate surface area is 173 Å². The number of carbonyl (C=O) groups is 1. The highest BCUT2D eigenvalue weighted by molar-refractivity contribution is 7.16. The number of rotatable bonds is 5. The summed E-state index contributed by atoms with van der Waals surface area (Å²) in [6.07, 6.45) is 5.72. The predicted octanol–water partition coefficient (Wildman–Crippen LogP) is 5.69. The van der Waals surface area contributed by atoms with E-state index in [4.69, 9.17) is 9.15 Å². The Hall–Kier alpha value is -3.17. The minimum Gasteiger partial charge on any atom is -0.462 e. The van der Waals surface area contributed by atoms with Crippen LogP contribution in [0.15, 0.2) is 45.8 Å². The van der Waals surface area contributed by atoms with Gasteiger partial charge in [0.1, 0.15) is 16.5 Å². The number of esters is 1. The largest absolute Gasteiger partial charge is 0.462 e. The SMILES string of the molecule is CCOC(=O)c1c(N=Cc2ccc(-c3ccccc3C#N)o2)sc2c1CCCC2. The molecule has 0 saturated heterocycles. The number of nitriles is 1. The molecular weight excluding hydrogens is 384 g/mol. The minimum absolute atomic E-state index is 0.304. The van der Waals surface area contributed by atoms with Crippen molar-refractivity contribution >= 4 is 28.5 Å². The van der Waals surface area contributed by atoms with E-state index in [0.717, 1.165) is 36.8 Å². The van der Waals surface area contributed by atoms with Crippen molar-refractivity contribution in [2.45, 2.75) is 32.6 Å². The average molecular weight is 404 g/mol. The van der Waals surface area contributed by atoms with E-state index in [0.29, 0.717) is 34.3 Å². The summed E-state index contributed by atoms with van der Waals surface area (Å²) in [6, 6.07) is 13.1. The number of furan rings is 1. The van der Waals surface area contributed by atoms with E-state index in [-0.39, 0.29) is 5.97 Å². The summed E-state index contributed by atoms with van der Waals surface area (Å²) in [5.41, 5.74) is 2.99. The molecular formula is C23H20N2O3S. The summed E-state index contributed by atoms with van der Waals surface area (Å²) in [5.74, 6) is 0.871. The van der Waals surface area contributed by atoms with Crippen molar-refractivity contribution in [1.29, 1.82) is 5.26 Å². The number of aryl methyl sites for hydroxylation is 1. The predicted molar refractivity (Wildman–Crippen MR) is 113 cm³/mol. The number of carbonyl (C=O) groups excluding carboxylic acids is 1. The van der Waals surface area contributed by atoms with Crippen LogP contribution in [0.5, 0.6) is 0 Å². The van der Waals surface area contributed by atoms with E-state index >= 15 is 0 Å². The minimum atomic E-state index is -0.304. The third-order valence-electron chi connectivity index (χ3n) is 4.88. The Morgan fingerprint density at radius 1 is 1.28 bits per heavy atom. The Bertz CT molecular complexity index is 1120. The highest BCUT2D eigenvalue weighted by atomic mass is 32.1. The van der Waals surface area contributed by atoms with Crippen LogP contribution in [-0.4, -0.2) is 18.8 Å². The Balaban J connectivity index is 1.65. The summed E-state index contributed by atoms with van der Waals surface area (Å²) < 4.78 is 11.1. The van der Waals surface area contributed by atoms with E-state index in [1.54, 1.807) is 23.6 Å². The van der Waals surface area contributed by atoms with Crippen LogP contribution in [0.1, 0.15) is 51.9 Å². The quantitative estimate of drug-likeness (QED) is 0.405. The van der Waals surface area contributed by atoms with Crippen molar-refractivity contribution in [3.8, 4) is 17.4 Å². The molecule has 0 saturated carbocycles. The van der Waals surface area contributed by atoms with Crippen LogP contribution in [0.2, 0.25) is 0 Å². The monoisotopic (exact) mass is 404 g/mol. The summed E-state index contributed by atoms with van der Waals surface area (Å²) in [5, 5.41) is 9.96. The summed E-state index contributed by atoms with van der Waals surface area (Å²) in [7, 11) is 0. The molecule has 1 aromatic carbocycles. The number of nitrogens with zero attached hydrogens (tertiary/aromatic N) is 2. The van der Waals surface area contributed by atoms with Crippen molar-refractivity contribution in [3.05, 3.63) is 63.7 Å². The first kappa shape index (κ1) is 19.2. The zero-order valence-electron chi connectivity index (χ0n) is 16.1. The molecule has 0 fully saturated rings. The first-order chi connectivity index (χ1) is 14.2. The van der Waals surface area contributed by atoms with Gasteiger partial charge in [-0.25, -0.2) is 9.79 Å². The molecule has 0 aliphatic heterocycles. The Morgan fingerprint density at radius 2 is 2.10 bits per heavy atom. The number of thiophene rings is 1. The maximum atomic E-state index is 12.5. The standard InChI is InChI=1S/C23H20N2O3S/c1-2-27-23(26)21-18-9-5-6-10-20(18)29-22(21)25-14-16-11-12-19(28-16)17-8-4-3-7-15(17)13-24/h3-4,7-8,11-12,14H,2,5-6,9-10H2,1H3. The molecule has 2 heterocycles. The number of fused-ring (bicyclic) bond motifs is 1. The molecule has 6 heteroatoms. The maximum Gasteiger partial charge on any atom is 0.341 e. The number of hydrogen-bond acceptors (Lipinski definition) is 6. The van der Waals surface area contributed by atoms with Crippen LogP contribution < -0.4 is 0 Å². The van der Waals surface area contributed by atoms with Crippen molar-refractivity contribution in [2.75, 3.05) is 6.61 Å². The normalized spacial score (nSPS) is 13.2. The lowest BCUT2D eigenvalue weighted by Gasteiger charge is -2.11. The van der Waals surface area contributed by atoms with Crippen LogP contribution in [0, 0.1) is 11.3 Å². The van der Waals surface area contributed by atoms with Crippen LogP contribution in [0.25, 0.3) is 11.3 Å². The second-order valence-corrected chi connectivity index (χ2v) is 7.81. The molecule has 0 spiro atoms. The van der Waals surface area contributed by atoms with Gasteiger partial charge in [0.05, 0.1) is 30.0 Å². The average Bonchev–Trinajstić information content (AvgIpc) is 3.36. The highest BCUT2D eigenvalue weighted by Crippen LogP contribution is 2.40. The number of benzene rings is 1. The number of hydrogen-bond donors (Lipinski definition) is 0. The van der Waals surface area contributed by atoms with Gasteiger partial charge < -0.3 is 9.15 Å². The molecule has 0 radical (unpaired) electrons. The van der Waals surface area contributed by atoms with Crippen LogP contribution >= 0.6 is 11.3 Å². The van der Waals surface area contributed by atoms with Gasteiger partial charge in [0, 0.05) is 10.4 Å². The summed E-state index contributed by atoms with van der Waals surface area (Å²) in [4.78, 5) is 18.3. The van der Waals surface area contributed by atoms with Gasteiger partial charge in [-0.3, -0.25) is 0 Å². The number of ether oxygens (including phenoxy) is 1. The fourth-order valence-corrected chi connectivity index (χ4v) is 4.76. The zero-order chi connectivity index (χ0) is 20.2. The van der Waals surface area contributed by atoms with Gasteiger partial charge in [-0.05, 0) is 62.4 Å². The molecule has 0 bridgehead atoms. The van der Waals surface area contributed by atoms with E-state index in [1.165, 1.54) is 4.88 Å². The molecule has 29 heavy (non-hydrogen) atoms. The van der Waals surface area contributed by atoms with Crippen molar-refractivity contribution in [1.82, 2.24) is 0 Å². The van der Waals surface area contributed by atoms with Crippen molar-refractivity contribution in [2.24, 2.45) is 4.99 Å². The molecule has 3 aromatic rings. The molecule has 146 valence electrons. The third-order valence-corrected chi connectivity index (χ3v) is 6.08. The van der Waals surface area contributed by atoms with E-state index in [9.17, 15) is 10.1 Å². The molecule has 5 nitrogen and oxygen atoms in total.